The van der Waals surface area contributed by atoms with Crippen molar-refractivity contribution in [3.63, 3.8) is 0 Å². The number of fused-ring (bicyclic) bond motifs is 1. The Balaban J connectivity index is 2.32. The van der Waals surface area contributed by atoms with Gasteiger partial charge in [0.1, 0.15) is 0 Å². The van der Waals surface area contributed by atoms with Crippen LogP contribution in [0.2, 0.25) is 0 Å². The molecule has 2 saturated carbocycles. The first-order chi connectivity index (χ1) is 7.76. The van der Waals surface area contributed by atoms with Crippen LogP contribution < -0.4 is 0 Å². The molecule has 98 valence electrons. The molecule has 0 aromatic rings. The first-order valence-electron chi connectivity index (χ1n) is 6.83. The second kappa shape index (κ2) is 4.31. The minimum absolute atomic E-state index is 0.119. The molecule has 0 heterocycles. The van der Waals surface area contributed by atoms with Crippen molar-refractivity contribution in [3.8, 4) is 0 Å². The molecule has 0 spiro atoms. The van der Waals surface area contributed by atoms with Gasteiger partial charge in [-0.1, -0.05) is 18.1 Å². The molecule has 1 nitrogen and oxygen atoms in total. The van der Waals surface area contributed by atoms with Gasteiger partial charge >= 0.3 is 0 Å². The zero-order valence-electron chi connectivity index (χ0n) is 11.6. The van der Waals surface area contributed by atoms with Gasteiger partial charge in [0.25, 0.3) is 0 Å². The average molecular weight is 254 g/mol. The molecular weight excluding hydrogens is 228 g/mol. The Bertz CT molecular complexity index is 341. The third-order valence-corrected chi connectivity index (χ3v) is 5.93. The second-order valence-electron chi connectivity index (χ2n) is 6.85. The van der Waals surface area contributed by atoms with Gasteiger partial charge in [-0.15, -0.1) is 0 Å². The number of rotatable bonds is 0. The van der Waals surface area contributed by atoms with E-state index in [0.29, 0.717) is 11.3 Å². The first-order valence-corrected chi connectivity index (χ1v) is 7.34. The Morgan fingerprint density at radius 3 is 2.53 bits per heavy atom. The molecule has 0 aromatic heterocycles. The summed E-state index contributed by atoms with van der Waals surface area (Å²) in [4.78, 5) is 0. The molecule has 0 radical (unpaired) electrons. The smallest absolute Gasteiger partial charge is 0.0735 e. The number of hydrogen-bond acceptors (Lipinski definition) is 2. The van der Waals surface area contributed by atoms with Crippen LogP contribution >= 0.6 is 12.6 Å². The molecule has 2 aliphatic rings. The van der Waals surface area contributed by atoms with Gasteiger partial charge in [-0.05, 0) is 64.2 Å². The second-order valence-corrected chi connectivity index (χ2v) is 7.47. The Labute approximate surface area is 111 Å². The number of aliphatic hydroxyl groups is 1. The molecule has 1 N–H and O–H groups in total. The first kappa shape index (κ1) is 13.5. The fourth-order valence-electron chi connectivity index (χ4n) is 3.82. The number of allylic oxidation sites excluding steroid dienone is 2. The van der Waals surface area contributed by atoms with Gasteiger partial charge in [0, 0.05) is 5.25 Å². The Morgan fingerprint density at radius 1 is 1.29 bits per heavy atom. The summed E-state index contributed by atoms with van der Waals surface area (Å²) >= 11 is 4.66. The van der Waals surface area contributed by atoms with Gasteiger partial charge in [-0.3, -0.25) is 0 Å². The summed E-state index contributed by atoms with van der Waals surface area (Å²) in [6.07, 6.45) is 5.58. The molecule has 0 aromatic carbocycles. The Kier molecular flexibility index (Phi) is 3.42. The normalized spacial score (nSPS) is 46.6. The van der Waals surface area contributed by atoms with Crippen LogP contribution in [0.25, 0.3) is 0 Å². The predicted molar refractivity (Wildman–Crippen MR) is 76.5 cm³/mol. The van der Waals surface area contributed by atoms with Crippen molar-refractivity contribution in [1.82, 2.24) is 0 Å². The molecule has 2 fully saturated rings. The van der Waals surface area contributed by atoms with E-state index in [-0.39, 0.29) is 5.25 Å². The maximum Gasteiger partial charge on any atom is 0.0735 e. The van der Waals surface area contributed by atoms with Gasteiger partial charge in [-0.25, -0.2) is 0 Å². The van der Waals surface area contributed by atoms with Gasteiger partial charge < -0.3 is 5.11 Å². The van der Waals surface area contributed by atoms with E-state index in [9.17, 15) is 5.11 Å². The fourth-order valence-corrected chi connectivity index (χ4v) is 4.37. The van der Waals surface area contributed by atoms with E-state index in [1.54, 1.807) is 5.57 Å². The lowest BCUT2D eigenvalue weighted by atomic mass is 9.74. The van der Waals surface area contributed by atoms with E-state index in [2.05, 4.69) is 33.4 Å². The molecule has 0 saturated heterocycles. The third-order valence-electron chi connectivity index (χ3n) is 5.19. The van der Waals surface area contributed by atoms with E-state index in [1.165, 1.54) is 18.4 Å². The lowest BCUT2D eigenvalue weighted by Gasteiger charge is -2.33. The minimum atomic E-state index is -0.594. The molecule has 0 amide bonds. The highest BCUT2D eigenvalue weighted by atomic mass is 32.1. The van der Waals surface area contributed by atoms with Crippen LogP contribution in [-0.2, 0) is 0 Å². The van der Waals surface area contributed by atoms with Crippen LogP contribution in [0.4, 0.5) is 0 Å². The molecule has 17 heavy (non-hydrogen) atoms. The van der Waals surface area contributed by atoms with E-state index in [4.69, 9.17) is 0 Å². The summed E-state index contributed by atoms with van der Waals surface area (Å²) in [6, 6.07) is 0. The van der Waals surface area contributed by atoms with Crippen LogP contribution in [0.5, 0.6) is 0 Å². The van der Waals surface area contributed by atoms with Crippen molar-refractivity contribution in [1.29, 1.82) is 0 Å². The number of hydrogen-bond donors (Lipinski definition) is 2. The number of thiol groups is 1. The summed E-state index contributed by atoms with van der Waals surface area (Å²) in [7, 11) is 0. The lowest BCUT2D eigenvalue weighted by molar-refractivity contribution is 0.0476. The van der Waals surface area contributed by atoms with Gasteiger partial charge in [0.15, 0.2) is 0 Å². The van der Waals surface area contributed by atoms with Crippen molar-refractivity contribution in [2.75, 3.05) is 0 Å². The summed E-state index contributed by atoms with van der Waals surface area (Å²) in [6.45, 7) is 8.83. The summed E-state index contributed by atoms with van der Waals surface area (Å²) in [5.74, 6) is 0.677. The standard InChI is InChI=1S/C15H26OS/c1-10(2)11-5-7-14(3)9-13(17)15(4,16)8-6-12(11)14/h12-13,16-17H,5-9H2,1-4H3/t12-,13+,14+,15+/m0/s1. The third kappa shape index (κ3) is 2.31. The molecule has 0 bridgehead atoms. The topological polar surface area (TPSA) is 20.2 Å². The van der Waals surface area contributed by atoms with Crippen molar-refractivity contribution < 1.29 is 5.11 Å². The van der Waals surface area contributed by atoms with Crippen LogP contribution in [0, 0.1) is 11.3 Å². The predicted octanol–water partition coefficient (Wildman–Crippen LogP) is 3.97. The molecule has 4 atom stereocenters. The largest absolute Gasteiger partial charge is 0.389 e. The summed E-state index contributed by atoms with van der Waals surface area (Å²) in [5, 5.41) is 10.5. The monoisotopic (exact) mass is 254 g/mol. The molecule has 0 aliphatic heterocycles. The van der Waals surface area contributed by atoms with Crippen LogP contribution in [0.15, 0.2) is 11.1 Å². The SMILES string of the molecule is CC(C)=C1CC[C@]2(C)C[C@@H](S)[C@](C)(O)CC[C@@H]12. The van der Waals surface area contributed by atoms with E-state index in [0.717, 1.165) is 19.3 Å². The van der Waals surface area contributed by atoms with Crippen molar-refractivity contribution >= 4 is 12.6 Å². The van der Waals surface area contributed by atoms with Crippen LogP contribution in [-0.4, -0.2) is 16.0 Å². The summed E-state index contributed by atoms with van der Waals surface area (Å²) in [5.41, 5.74) is 2.92. The molecular formula is C15H26OS. The van der Waals surface area contributed by atoms with Gasteiger partial charge in [0.2, 0.25) is 0 Å². The maximum atomic E-state index is 10.4. The van der Waals surface area contributed by atoms with Crippen molar-refractivity contribution in [3.05, 3.63) is 11.1 Å². The van der Waals surface area contributed by atoms with Gasteiger partial charge in [0.05, 0.1) is 5.60 Å². The van der Waals surface area contributed by atoms with E-state index < -0.39 is 5.60 Å². The van der Waals surface area contributed by atoms with Crippen molar-refractivity contribution in [2.24, 2.45) is 11.3 Å². The Morgan fingerprint density at radius 2 is 1.94 bits per heavy atom. The highest BCUT2D eigenvalue weighted by Crippen LogP contribution is 2.56. The maximum absolute atomic E-state index is 10.4. The summed E-state index contributed by atoms with van der Waals surface area (Å²) < 4.78 is 0. The van der Waals surface area contributed by atoms with Crippen LogP contribution in [0.1, 0.15) is 59.8 Å². The molecule has 0 unspecified atom stereocenters. The zero-order chi connectivity index (χ0) is 12.8. The minimum Gasteiger partial charge on any atom is -0.389 e. The Hall–Kier alpha value is 0.0500. The van der Waals surface area contributed by atoms with Crippen LogP contribution in [0.3, 0.4) is 0 Å². The van der Waals surface area contributed by atoms with Crippen molar-refractivity contribution in [2.45, 2.75) is 70.7 Å². The molecule has 2 rings (SSSR count). The van der Waals surface area contributed by atoms with E-state index >= 15 is 0 Å². The molecule has 2 heteroatoms. The highest BCUT2D eigenvalue weighted by molar-refractivity contribution is 7.81. The lowest BCUT2D eigenvalue weighted by Crippen LogP contribution is -2.36. The average Bonchev–Trinajstić information content (AvgIpc) is 2.48. The van der Waals surface area contributed by atoms with Gasteiger partial charge in [-0.2, -0.15) is 12.6 Å². The quantitative estimate of drug-likeness (QED) is 0.495. The zero-order valence-corrected chi connectivity index (χ0v) is 12.5. The molecule has 2 aliphatic carbocycles. The highest BCUT2D eigenvalue weighted by Gasteiger charge is 2.48. The van der Waals surface area contributed by atoms with E-state index in [1.807, 2.05) is 6.92 Å². The fraction of sp³-hybridized carbons (Fsp3) is 0.867.